The van der Waals surface area contributed by atoms with E-state index in [9.17, 15) is 9.59 Å². The number of para-hydroxylation sites is 1. The third-order valence-electron chi connectivity index (χ3n) is 3.83. The molecule has 140 valence electrons. The first-order chi connectivity index (χ1) is 13.5. The molecule has 10 heteroatoms. The van der Waals surface area contributed by atoms with Crippen LogP contribution in [0.15, 0.2) is 62.9 Å². The monoisotopic (exact) mass is 432 g/mol. The Labute approximate surface area is 172 Å². The molecular weight excluding hydrogens is 423 g/mol. The largest absolute Gasteiger partial charge is 0.421 e. The first kappa shape index (κ1) is 18.7. The summed E-state index contributed by atoms with van der Waals surface area (Å²) in [6.07, 6.45) is 0. The molecule has 0 saturated carbocycles. The van der Waals surface area contributed by atoms with Crippen molar-refractivity contribution in [2.75, 3.05) is 5.75 Å². The number of hydrogen-bond donors (Lipinski definition) is 0. The maximum atomic E-state index is 12.6. The van der Waals surface area contributed by atoms with Crippen molar-refractivity contribution in [3.05, 3.63) is 74.6 Å². The van der Waals surface area contributed by atoms with E-state index in [2.05, 4.69) is 15.5 Å². The molecule has 4 rings (SSSR count). The minimum Gasteiger partial charge on any atom is -0.421 e. The lowest BCUT2D eigenvalue weighted by Crippen LogP contribution is -2.16. The Kier molecular flexibility index (Phi) is 5.17. The van der Waals surface area contributed by atoms with Crippen LogP contribution < -0.4 is 5.63 Å². The number of aromatic nitrogens is 4. The summed E-state index contributed by atoms with van der Waals surface area (Å²) in [5.74, 6) is -0.461. The number of hydrogen-bond acceptors (Lipinski definition) is 7. The second-order valence-corrected chi connectivity index (χ2v) is 7.46. The van der Waals surface area contributed by atoms with Crippen LogP contribution in [0, 0.1) is 0 Å². The summed E-state index contributed by atoms with van der Waals surface area (Å²) in [7, 11) is 0. The lowest BCUT2D eigenvalue weighted by molar-refractivity contribution is 0.101. The van der Waals surface area contributed by atoms with Crippen molar-refractivity contribution in [3.63, 3.8) is 0 Å². The highest BCUT2D eigenvalue weighted by atomic mass is 35.5. The van der Waals surface area contributed by atoms with Crippen molar-refractivity contribution < 1.29 is 9.21 Å². The molecule has 0 amide bonds. The molecule has 0 aliphatic heterocycles. The van der Waals surface area contributed by atoms with Gasteiger partial charge in [-0.3, -0.25) is 4.79 Å². The molecule has 2 heterocycles. The molecule has 0 saturated heterocycles. The molecule has 2 aromatic carbocycles. The maximum Gasteiger partial charge on any atom is 0.347 e. The summed E-state index contributed by atoms with van der Waals surface area (Å²) >= 11 is 13.1. The van der Waals surface area contributed by atoms with Crippen molar-refractivity contribution >= 4 is 51.7 Å². The highest BCUT2D eigenvalue weighted by molar-refractivity contribution is 7.99. The third kappa shape index (κ3) is 3.66. The van der Waals surface area contributed by atoms with E-state index in [0.717, 1.165) is 17.4 Å². The minimum absolute atomic E-state index is 0.0439. The molecule has 0 atom stereocenters. The number of tetrazole rings is 1. The smallest absolute Gasteiger partial charge is 0.347 e. The topological polar surface area (TPSA) is 90.9 Å². The lowest BCUT2D eigenvalue weighted by atomic mass is 10.1. The number of benzene rings is 2. The van der Waals surface area contributed by atoms with Gasteiger partial charge < -0.3 is 4.42 Å². The van der Waals surface area contributed by atoms with Gasteiger partial charge in [0.2, 0.25) is 5.16 Å². The summed E-state index contributed by atoms with van der Waals surface area (Å²) in [6, 6.07) is 13.7. The number of carbonyl (C=O) groups excluding carboxylic acids is 1. The Hall–Kier alpha value is -2.68. The molecule has 7 nitrogen and oxygen atoms in total. The minimum atomic E-state index is -0.759. The van der Waals surface area contributed by atoms with Crippen LogP contribution in [0.5, 0.6) is 0 Å². The third-order valence-corrected chi connectivity index (χ3v) is 5.24. The van der Waals surface area contributed by atoms with E-state index < -0.39 is 11.4 Å². The van der Waals surface area contributed by atoms with Crippen molar-refractivity contribution in [2.45, 2.75) is 5.16 Å². The Balaban J connectivity index is 1.59. The van der Waals surface area contributed by atoms with E-state index in [4.69, 9.17) is 27.6 Å². The molecular formula is C18H10Cl2N4O3S. The molecule has 0 aliphatic rings. The summed E-state index contributed by atoms with van der Waals surface area (Å²) in [4.78, 5) is 24.8. The Morgan fingerprint density at radius 3 is 2.71 bits per heavy atom. The zero-order valence-electron chi connectivity index (χ0n) is 14.0. The predicted octanol–water partition coefficient (Wildman–Crippen LogP) is 4.05. The number of fused-ring (bicyclic) bond motifs is 1. The number of nitrogens with zero attached hydrogens (tertiary/aromatic N) is 4. The summed E-state index contributed by atoms with van der Waals surface area (Å²) in [6.45, 7) is 0. The first-order valence-corrected chi connectivity index (χ1v) is 9.70. The molecule has 0 unspecified atom stereocenters. The van der Waals surface area contributed by atoms with Gasteiger partial charge in [0.05, 0.1) is 16.5 Å². The first-order valence-electron chi connectivity index (χ1n) is 7.95. The predicted molar refractivity (Wildman–Crippen MR) is 107 cm³/mol. The van der Waals surface area contributed by atoms with Gasteiger partial charge in [-0.05, 0) is 40.8 Å². The van der Waals surface area contributed by atoms with Crippen molar-refractivity contribution in [1.29, 1.82) is 0 Å². The Morgan fingerprint density at radius 2 is 1.93 bits per heavy atom. The Bertz CT molecular complexity index is 1240. The molecule has 0 aliphatic carbocycles. The van der Waals surface area contributed by atoms with Gasteiger partial charge in [-0.25, -0.2) is 4.79 Å². The van der Waals surface area contributed by atoms with Gasteiger partial charge in [-0.15, -0.1) is 5.10 Å². The number of ketones is 1. The van der Waals surface area contributed by atoms with Crippen LogP contribution in [-0.2, 0) is 0 Å². The number of carbonyl (C=O) groups is 1. The number of Topliss-reactive ketones (excluding diaryl/α,β-unsaturated/α-hetero) is 1. The number of halogens is 2. The molecule has 28 heavy (non-hydrogen) atoms. The fourth-order valence-corrected chi connectivity index (χ4v) is 3.88. The SMILES string of the molecule is O=C(CSc1nnnn1-c1ccccc1)c1cc2cc(Cl)cc(Cl)c2oc1=O. The molecule has 0 bridgehead atoms. The Morgan fingerprint density at radius 1 is 1.14 bits per heavy atom. The number of rotatable bonds is 5. The fourth-order valence-electron chi connectivity index (χ4n) is 2.56. The highest BCUT2D eigenvalue weighted by Gasteiger charge is 2.18. The van der Waals surface area contributed by atoms with Gasteiger partial charge >= 0.3 is 5.63 Å². The standard InChI is InChI=1S/C18H10Cl2N4O3S/c19-11-6-10-7-13(17(26)27-16(10)14(20)8-11)15(25)9-28-18-21-22-23-24(18)12-4-2-1-3-5-12/h1-8H,9H2. The van der Waals surface area contributed by atoms with Crippen LogP contribution in [0.3, 0.4) is 0 Å². The van der Waals surface area contributed by atoms with Gasteiger partial charge in [-0.2, -0.15) is 4.68 Å². The normalized spacial score (nSPS) is 11.1. The summed E-state index contributed by atoms with van der Waals surface area (Å²) in [5, 5.41) is 13.0. The highest BCUT2D eigenvalue weighted by Crippen LogP contribution is 2.28. The van der Waals surface area contributed by atoms with Crippen LogP contribution in [0.25, 0.3) is 16.7 Å². The van der Waals surface area contributed by atoms with Gasteiger partial charge in [0.1, 0.15) is 5.56 Å². The van der Waals surface area contributed by atoms with E-state index in [1.165, 1.54) is 16.8 Å². The summed E-state index contributed by atoms with van der Waals surface area (Å²) in [5.41, 5.74) is 0.104. The van der Waals surface area contributed by atoms with Crippen LogP contribution in [0.4, 0.5) is 0 Å². The second kappa shape index (κ2) is 7.75. The van der Waals surface area contributed by atoms with E-state index in [0.29, 0.717) is 15.6 Å². The molecule has 2 aromatic heterocycles. The van der Waals surface area contributed by atoms with Gasteiger partial charge in [0.15, 0.2) is 11.4 Å². The van der Waals surface area contributed by atoms with E-state index in [1.807, 2.05) is 30.3 Å². The van der Waals surface area contributed by atoms with Crippen molar-refractivity contribution in [1.82, 2.24) is 20.2 Å². The van der Waals surface area contributed by atoms with Gasteiger partial charge in [0, 0.05) is 10.4 Å². The van der Waals surface area contributed by atoms with E-state index >= 15 is 0 Å². The molecule has 0 spiro atoms. The maximum absolute atomic E-state index is 12.6. The van der Waals surface area contributed by atoms with Crippen LogP contribution >= 0.6 is 35.0 Å². The fraction of sp³-hybridized carbons (Fsp3) is 0.0556. The van der Waals surface area contributed by atoms with Crippen LogP contribution in [-0.4, -0.2) is 31.7 Å². The van der Waals surface area contributed by atoms with E-state index in [1.54, 1.807) is 6.07 Å². The van der Waals surface area contributed by atoms with Crippen molar-refractivity contribution in [2.24, 2.45) is 0 Å². The molecule has 4 aromatic rings. The molecule has 0 radical (unpaired) electrons. The molecule has 0 N–H and O–H groups in total. The van der Waals surface area contributed by atoms with E-state index in [-0.39, 0.29) is 21.9 Å². The zero-order chi connectivity index (χ0) is 19.7. The van der Waals surface area contributed by atoms with Gasteiger partial charge in [-0.1, -0.05) is 53.2 Å². The van der Waals surface area contributed by atoms with Crippen LogP contribution in [0.2, 0.25) is 10.0 Å². The number of thioether (sulfide) groups is 1. The molecule has 0 fully saturated rings. The van der Waals surface area contributed by atoms with Crippen molar-refractivity contribution in [3.8, 4) is 5.69 Å². The average Bonchev–Trinajstić information content (AvgIpc) is 3.15. The lowest BCUT2D eigenvalue weighted by Gasteiger charge is -2.05. The second-order valence-electron chi connectivity index (χ2n) is 5.67. The van der Waals surface area contributed by atoms with Crippen LogP contribution in [0.1, 0.15) is 10.4 Å². The van der Waals surface area contributed by atoms with Gasteiger partial charge in [0.25, 0.3) is 0 Å². The quantitative estimate of drug-likeness (QED) is 0.266. The zero-order valence-corrected chi connectivity index (χ0v) is 16.3. The average molecular weight is 433 g/mol. The summed E-state index contributed by atoms with van der Waals surface area (Å²) < 4.78 is 6.72.